The number of hydrogen-bond acceptors (Lipinski definition) is 3. The lowest BCUT2D eigenvalue weighted by Gasteiger charge is -2.05. The molecule has 0 fully saturated rings. The Balaban J connectivity index is 2.17. The minimum absolute atomic E-state index is 0.0774. The molecule has 0 aliphatic rings. The maximum absolute atomic E-state index is 8.91. The van der Waals surface area contributed by atoms with E-state index in [0.29, 0.717) is 11.4 Å². The van der Waals surface area contributed by atoms with Gasteiger partial charge in [0.2, 0.25) is 0 Å². The van der Waals surface area contributed by atoms with E-state index in [9.17, 15) is 0 Å². The third-order valence-electron chi connectivity index (χ3n) is 1.93. The van der Waals surface area contributed by atoms with Gasteiger partial charge in [-0.2, -0.15) is 0 Å². The van der Waals surface area contributed by atoms with Gasteiger partial charge in [0.1, 0.15) is 11.5 Å². The highest BCUT2D eigenvalue weighted by Gasteiger charge is 1.98. The van der Waals surface area contributed by atoms with Crippen molar-refractivity contribution in [2.24, 2.45) is 0 Å². The zero-order chi connectivity index (χ0) is 10.5. The van der Waals surface area contributed by atoms with Crippen LogP contribution in [0, 0.1) is 0 Å². The molecule has 15 heavy (non-hydrogen) atoms. The molecular weight excluding hydrogens is 190 g/mol. The van der Waals surface area contributed by atoms with Crippen LogP contribution < -0.4 is 4.74 Å². The molecule has 3 heteroatoms. The van der Waals surface area contributed by atoms with Gasteiger partial charge < -0.3 is 9.84 Å². The molecule has 1 heterocycles. The number of benzene rings is 1. The molecule has 0 amide bonds. The molecule has 0 atom stereocenters. The Bertz CT molecular complexity index is 429. The number of para-hydroxylation sites is 1. The molecule has 1 aromatic carbocycles. The lowest BCUT2D eigenvalue weighted by Crippen LogP contribution is -1.90. The van der Waals surface area contributed by atoms with Gasteiger partial charge in [0.15, 0.2) is 0 Å². The number of hydrogen-bond donors (Lipinski definition) is 1. The minimum atomic E-state index is -0.0774. The molecule has 0 spiro atoms. The first-order valence-corrected chi connectivity index (χ1v) is 4.67. The molecule has 0 bridgehead atoms. The fourth-order valence-electron chi connectivity index (χ4n) is 1.23. The average molecular weight is 201 g/mol. The molecule has 3 nitrogen and oxygen atoms in total. The van der Waals surface area contributed by atoms with Crippen LogP contribution in [0.5, 0.6) is 11.5 Å². The second kappa shape index (κ2) is 4.57. The first-order valence-electron chi connectivity index (χ1n) is 4.67. The predicted molar refractivity (Wildman–Crippen MR) is 56.7 cm³/mol. The number of aromatic nitrogens is 1. The molecule has 1 aromatic heterocycles. The largest absolute Gasteiger partial charge is 0.457 e. The average Bonchev–Trinajstić information content (AvgIpc) is 2.31. The zero-order valence-electron chi connectivity index (χ0n) is 8.13. The zero-order valence-corrected chi connectivity index (χ0v) is 8.13. The number of aliphatic hydroxyl groups excluding tert-OH is 1. The maximum Gasteiger partial charge on any atom is 0.130 e. The van der Waals surface area contributed by atoms with Crippen LogP contribution in [-0.2, 0) is 6.61 Å². The highest BCUT2D eigenvalue weighted by atomic mass is 16.5. The van der Waals surface area contributed by atoms with E-state index in [2.05, 4.69) is 4.98 Å². The van der Waals surface area contributed by atoms with Crippen molar-refractivity contribution in [2.45, 2.75) is 6.61 Å². The predicted octanol–water partition coefficient (Wildman–Crippen LogP) is 2.37. The van der Waals surface area contributed by atoms with E-state index >= 15 is 0 Å². The van der Waals surface area contributed by atoms with Crippen molar-refractivity contribution in [1.29, 1.82) is 0 Å². The van der Waals surface area contributed by atoms with E-state index in [1.807, 2.05) is 30.3 Å². The molecule has 76 valence electrons. The third-order valence-corrected chi connectivity index (χ3v) is 1.93. The van der Waals surface area contributed by atoms with Crippen LogP contribution in [0.2, 0.25) is 0 Å². The van der Waals surface area contributed by atoms with Crippen LogP contribution in [-0.4, -0.2) is 10.1 Å². The van der Waals surface area contributed by atoms with Crippen molar-refractivity contribution in [1.82, 2.24) is 4.98 Å². The van der Waals surface area contributed by atoms with E-state index < -0.39 is 0 Å². The summed E-state index contributed by atoms with van der Waals surface area (Å²) in [5, 5.41) is 8.91. The van der Waals surface area contributed by atoms with Crippen LogP contribution in [0.1, 0.15) is 5.69 Å². The second-order valence-electron chi connectivity index (χ2n) is 3.06. The smallest absolute Gasteiger partial charge is 0.130 e. The van der Waals surface area contributed by atoms with Gasteiger partial charge in [0.05, 0.1) is 12.3 Å². The van der Waals surface area contributed by atoms with Crippen LogP contribution in [0.25, 0.3) is 0 Å². The topological polar surface area (TPSA) is 42.4 Å². The molecule has 0 radical (unpaired) electrons. The Morgan fingerprint density at radius 2 is 1.87 bits per heavy atom. The first kappa shape index (κ1) is 9.68. The Kier molecular flexibility index (Phi) is 2.95. The Labute approximate surface area is 88.0 Å². The number of aliphatic hydroxyl groups is 1. The van der Waals surface area contributed by atoms with E-state index in [1.165, 1.54) is 0 Å². The van der Waals surface area contributed by atoms with Gasteiger partial charge in [-0.1, -0.05) is 18.2 Å². The summed E-state index contributed by atoms with van der Waals surface area (Å²) >= 11 is 0. The highest BCUT2D eigenvalue weighted by molar-refractivity contribution is 5.30. The summed E-state index contributed by atoms with van der Waals surface area (Å²) < 4.78 is 5.57. The van der Waals surface area contributed by atoms with Crippen molar-refractivity contribution in [3.8, 4) is 11.5 Å². The Morgan fingerprint density at radius 3 is 2.60 bits per heavy atom. The van der Waals surface area contributed by atoms with Crippen molar-refractivity contribution in [3.05, 3.63) is 54.4 Å². The monoisotopic (exact) mass is 201 g/mol. The molecule has 0 saturated carbocycles. The Morgan fingerprint density at radius 1 is 1.07 bits per heavy atom. The van der Waals surface area contributed by atoms with Crippen LogP contribution >= 0.6 is 0 Å². The number of ether oxygens (including phenoxy) is 1. The third kappa shape index (κ3) is 2.54. The fourth-order valence-corrected chi connectivity index (χ4v) is 1.23. The molecule has 0 unspecified atom stereocenters. The highest BCUT2D eigenvalue weighted by Crippen LogP contribution is 2.20. The van der Waals surface area contributed by atoms with Gasteiger partial charge >= 0.3 is 0 Å². The van der Waals surface area contributed by atoms with E-state index in [0.717, 1.165) is 5.75 Å². The van der Waals surface area contributed by atoms with Crippen LogP contribution in [0.15, 0.2) is 48.7 Å². The standard InChI is InChI=1S/C12H11NO2/c14-9-10-8-12(6-7-13-10)15-11-4-2-1-3-5-11/h1-8,14H,9H2. The number of nitrogens with zero attached hydrogens (tertiary/aromatic N) is 1. The van der Waals surface area contributed by atoms with Crippen molar-refractivity contribution >= 4 is 0 Å². The van der Waals surface area contributed by atoms with Crippen LogP contribution in [0.4, 0.5) is 0 Å². The molecule has 1 N–H and O–H groups in total. The first-order chi connectivity index (χ1) is 7.38. The SMILES string of the molecule is OCc1cc(Oc2ccccc2)ccn1. The van der Waals surface area contributed by atoms with Gasteiger partial charge in [-0.3, -0.25) is 4.98 Å². The van der Waals surface area contributed by atoms with Gasteiger partial charge in [0, 0.05) is 12.3 Å². The van der Waals surface area contributed by atoms with E-state index in [4.69, 9.17) is 9.84 Å². The van der Waals surface area contributed by atoms with Gasteiger partial charge in [0.25, 0.3) is 0 Å². The molecule has 0 aliphatic carbocycles. The Hall–Kier alpha value is -1.87. The lowest BCUT2D eigenvalue weighted by atomic mass is 10.3. The van der Waals surface area contributed by atoms with E-state index in [-0.39, 0.29) is 6.61 Å². The molecule has 2 aromatic rings. The summed E-state index contributed by atoms with van der Waals surface area (Å²) in [4.78, 5) is 3.97. The van der Waals surface area contributed by atoms with Gasteiger partial charge in [-0.15, -0.1) is 0 Å². The van der Waals surface area contributed by atoms with Crippen molar-refractivity contribution in [3.63, 3.8) is 0 Å². The minimum Gasteiger partial charge on any atom is -0.457 e. The van der Waals surface area contributed by atoms with Gasteiger partial charge in [-0.05, 0) is 18.2 Å². The second-order valence-corrected chi connectivity index (χ2v) is 3.06. The summed E-state index contributed by atoms with van der Waals surface area (Å²) in [5.41, 5.74) is 0.600. The molecular formula is C12H11NO2. The summed E-state index contributed by atoms with van der Waals surface area (Å²) in [5.74, 6) is 1.45. The van der Waals surface area contributed by atoms with Crippen molar-refractivity contribution in [2.75, 3.05) is 0 Å². The van der Waals surface area contributed by atoms with E-state index in [1.54, 1.807) is 18.3 Å². The summed E-state index contributed by atoms with van der Waals surface area (Å²) in [6.45, 7) is -0.0774. The number of pyridine rings is 1. The summed E-state index contributed by atoms with van der Waals surface area (Å²) in [7, 11) is 0. The molecule has 0 saturated heterocycles. The normalized spacial score (nSPS) is 9.93. The molecule has 0 aliphatic heterocycles. The summed E-state index contributed by atoms with van der Waals surface area (Å²) in [6, 6.07) is 13.0. The lowest BCUT2D eigenvalue weighted by molar-refractivity contribution is 0.276. The fraction of sp³-hybridized carbons (Fsp3) is 0.0833. The van der Waals surface area contributed by atoms with Crippen molar-refractivity contribution < 1.29 is 9.84 Å². The molecule has 2 rings (SSSR count). The summed E-state index contributed by atoms with van der Waals surface area (Å²) in [6.07, 6.45) is 1.61. The van der Waals surface area contributed by atoms with Crippen LogP contribution in [0.3, 0.4) is 0 Å². The quantitative estimate of drug-likeness (QED) is 0.828. The number of rotatable bonds is 3. The van der Waals surface area contributed by atoms with Gasteiger partial charge in [-0.25, -0.2) is 0 Å². The maximum atomic E-state index is 8.91.